The van der Waals surface area contributed by atoms with E-state index in [1.807, 2.05) is 0 Å². The fourth-order valence-electron chi connectivity index (χ4n) is 1.04. The van der Waals surface area contributed by atoms with Gasteiger partial charge in [-0.05, 0) is 26.8 Å². The lowest BCUT2D eigenvalue weighted by atomic mass is 10.1. The lowest BCUT2D eigenvalue weighted by molar-refractivity contribution is -0.121. The molecular weight excluding hydrogens is 156 g/mol. The van der Waals surface area contributed by atoms with Crippen molar-refractivity contribution in [1.29, 1.82) is 0 Å². The second-order valence-corrected chi connectivity index (χ2v) is 3.08. The van der Waals surface area contributed by atoms with E-state index in [9.17, 15) is 9.59 Å². The van der Waals surface area contributed by atoms with Gasteiger partial charge in [-0.15, -0.1) is 0 Å². The first-order chi connectivity index (χ1) is 5.64. The van der Waals surface area contributed by atoms with Crippen LogP contribution in [0.15, 0.2) is 0 Å². The van der Waals surface area contributed by atoms with Crippen LogP contribution in [0.3, 0.4) is 0 Å². The van der Waals surface area contributed by atoms with Crippen LogP contribution in [-0.4, -0.2) is 30.8 Å². The fourth-order valence-corrected chi connectivity index (χ4v) is 1.04. The fraction of sp³-hybridized carbons (Fsp3) is 0.750. The largest absolute Gasteiger partial charge is 0.296 e. The summed E-state index contributed by atoms with van der Waals surface area (Å²) in [4.78, 5) is 21.7. The highest BCUT2D eigenvalue weighted by atomic mass is 16.2. The minimum Gasteiger partial charge on any atom is -0.296 e. The van der Waals surface area contributed by atoms with E-state index >= 15 is 0 Å². The molecule has 0 aromatic rings. The molecule has 4 nitrogen and oxygen atoms in total. The average molecular weight is 169 g/mol. The SMILES string of the molecule is CNC([C]=O)(NC1CC1)C(C)=O. The third kappa shape index (κ3) is 1.70. The Morgan fingerprint density at radius 1 is 1.58 bits per heavy atom. The van der Waals surface area contributed by atoms with E-state index in [1.165, 1.54) is 6.92 Å². The molecule has 0 aromatic carbocycles. The third-order valence-electron chi connectivity index (χ3n) is 2.05. The van der Waals surface area contributed by atoms with Crippen LogP contribution in [0.2, 0.25) is 0 Å². The number of nitrogens with one attached hydrogen (secondary N) is 2. The van der Waals surface area contributed by atoms with Gasteiger partial charge in [-0.2, -0.15) is 0 Å². The van der Waals surface area contributed by atoms with Gasteiger partial charge in [0.05, 0.1) is 0 Å². The van der Waals surface area contributed by atoms with E-state index in [0.717, 1.165) is 12.8 Å². The van der Waals surface area contributed by atoms with E-state index in [1.54, 1.807) is 13.3 Å². The van der Waals surface area contributed by atoms with Gasteiger partial charge in [0.25, 0.3) is 0 Å². The van der Waals surface area contributed by atoms with Crippen LogP contribution in [0.4, 0.5) is 0 Å². The number of carbonyl (C=O) groups excluding carboxylic acids is 2. The maximum absolute atomic E-state index is 11.1. The number of hydrogen-bond donors (Lipinski definition) is 2. The summed E-state index contributed by atoms with van der Waals surface area (Å²) in [5, 5.41) is 5.57. The van der Waals surface area contributed by atoms with Crippen molar-refractivity contribution < 1.29 is 9.59 Å². The first-order valence-corrected chi connectivity index (χ1v) is 4.01. The van der Waals surface area contributed by atoms with Crippen molar-refractivity contribution in [2.24, 2.45) is 0 Å². The van der Waals surface area contributed by atoms with Gasteiger partial charge in [0.15, 0.2) is 11.4 Å². The van der Waals surface area contributed by atoms with Crippen molar-refractivity contribution in [2.45, 2.75) is 31.5 Å². The van der Waals surface area contributed by atoms with E-state index in [2.05, 4.69) is 10.6 Å². The minimum absolute atomic E-state index is 0.244. The first-order valence-electron chi connectivity index (χ1n) is 4.01. The molecule has 1 aliphatic rings. The van der Waals surface area contributed by atoms with Crippen LogP contribution < -0.4 is 10.6 Å². The molecule has 1 unspecified atom stereocenters. The molecule has 0 aromatic heterocycles. The quantitative estimate of drug-likeness (QED) is 0.424. The molecule has 0 spiro atoms. The summed E-state index contributed by atoms with van der Waals surface area (Å²) < 4.78 is 0. The molecular formula is C8H13N2O2. The lowest BCUT2D eigenvalue weighted by Gasteiger charge is -2.24. The highest BCUT2D eigenvalue weighted by Crippen LogP contribution is 2.21. The molecule has 0 aliphatic heterocycles. The molecule has 1 radical (unpaired) electrons. The number of rotatable bonds is 5. The summed E-state index contributed by atoms with van der Waals surface area (Å²) in [5.74, 6) is -0.244. The van der Waals surface area contributed by atoms with Crippen LogP contribution in [0.1, 0.15) is 19.8 Å². The number of hydrogen-bond acceptors (Lipinski definition) is 4. The lowest BCUT2D eigenvalue weighted by Crippen LogP contribution is -2.62. The van der Waals surface area contributed by atoms with Gasteiger partial charge in [0.1, 0.15) is 0 Å². The summed E-state index contributed by atoms with van der Waals surface area (Å²) in [7, 11) is 1.57. The van der Waals surface area contributed by atoms with Gasteiger partial charge in [-0.3, -0.25) is 20.2 Å². The second kappa shape index (κ2) is 3.33. The first kappa shape index (κ1) is 9.35. The van der Waals surface area contributed by atoms with Gasteiger partial charge in [-0.1, -0.05) is 0 Å². The van der Waals surface area contributed by atoms with Crippen LogP contribution in [-0.2, 0) is 9.59 Å². The van der Waals surface area contributed by atoms with Crippen molar-refractivity contribution in [3.8, 4) is 0 Å². The Morgan fingerprint density at radius 3 is 2.42 bits per heavy atom. The van der Waals surface area contributed by atoms with Crippen molar-refractivity contribution in [3.05, 3.63) is 0 Å². The van der Waals surface area contributed by atoms with Gasteiger partial charge in [0.2, 0.25) is 6.29 Å². The molecule has 0 heterocycles. The van der Waals surface area contributed by atoms with E-state index in [4.69, 9.17) is 0 Å². The minimum atomic E-state index is -1.28. The zero-order valence-corrected chi connectivity index (χ0v) is 7.31. The molecule has 4 heteroatoms. The standard InChI is InChI=1S/C8H13N2O2/c1-6(12)8(5-11,9-2)10-7-3-4-7/h7,9-10H,3-4H2,1-2H3. The van der Waals surface area contributed by atoms with Gasteiger partial charge in [0, 0.05) is 6.04 Å². The summed E-state index contributed by atoms with van der Waals surface area (Å²) in [6, 6.07) is 0.294. The Kier molecular flexibility index (Phi) is 2.59. The van der Waals surface area contributed by atoms with E-state index in [0.29, 0.717) is 6.04 Å². The molecule has 1 fully saturated rings. The smallest absolute Gasteiger partial charge is 0.244 e. The van der Waals surface area contributed by atoms with Crippen molar-refractivity contribution in [3.63, 3.8) is 0 Å². The van der Waals surface area contributed by atoms with Gasteiger partial charge < -0.3 is 0 Å². The Morgan fingerprint density at radius 2 is 2.17 bits per heavy atom. The molecule has 1 aliphatic carbocycles. The maximum Gasteiger partial charge on any atom is 0.244 e. The summed E-state index contributed by atoms with van der Waals surface area (Å²) in [6.07, 6.45) is 3.77. The Hall–Kier alpha value is -0.740. The second-order valence-electron chi connectivity index (χ2n) is 3.08. The normalized spacial score (nSPS) is 21.5. The van der Waals surface area contributed by atoms with Crippen molar-refractivity contribution >= 4 is 12.1 Å². The summed E-state index contributed by atoms with van der Waals surface area (Å²) in [6.45, 7) is 1.37. The predicted octanol–water partition coefficient (Wildman–Crippen LogP) is -0.647. The summed E-state index contributed by atoms with van der Waals surface area (Å²) >= 11 is 0. The molecule has 2 N–H and O–H groups in total. The Balaban J connectivity index is 2.66. The van der Waals surface area contributed by atoms with E-state index < -0.39 is 5.66 Å². The zero-order chi connectivity index (χ0) is 9.19. The third-order valence-corrected chi connectivity index (χ3v) is 2.05. The van der Waals surface area contributed by atoms with Crippen molar-refractivity contribution in [1.82, 2.24) is 10.6 Å². The number of ketones is 1. The maximum atomic E-state index is 11.1. The Labute approximate surface area is 71.7 Å². The average Bonchev–Trinajstić information content (AvgIpc) is 2.83. The predicted molar refractivity (Wildman–Crippen MR) is 44.3 cm³/mol. The molecule has 0 amide bonds. The number of carbonyl (C=O) groups is 1. The highest BCUT2D eigenvalue weighted by Gasteiger charge is 2.39. The Bertz CT molecular complexity index is 201. The van der Waals surface area contributed by atoms with Gasteiger partial charge >= 0.3 is 0 Å². The molecule has 1 saturated carbocycles. The zero-order valence-electron chi connectivity index (χ0n) is 7.31. The van der Waals surface area contributed by atoms with Crippen LogP contribution >= 0.6 is 0 Å². The number of likely N-dealkylation sites (N-methyl/N-ethyl adjacent to an activating group) is 1. The van der Waals surface area contributed by atoms with Gasteiger partial charge in [-0.25, -0.2) is 0 Å². The van der Waals surface area contributed by atoms with Crippen LogP contribution in [0.25, 0.3) is 0 Å². The van der Waals surface area contributed by atoms with Crippen LogP contribution in [0, 0.1) is 0 Å². The highest BCUT2D eigenvalue weighted by molar-refractivity contribution is 6.01. The number of Topliss-reactive ketones (excluding diaryl/α,β-unsaturated/α-hetero) is 1. The molecule has 1 rings (SSSR count). The van der Waals surface area contributed by atoms with E-state index in [-0.39, 0.29) is 5.78 Å². The monoisotopic (exact) mass is 169 g/mol. The van der Waals surface area contributed by atoms with Crippen molar-refractivity contribution in [2.75, 3.05) is 7.05 Å². The molecule has 0 bridgehead atoms. The summed E-state index contributed by atoms with van der Waals surface area (Å²) in [5.41, 5.74) is -1.28. The molecule has 0 saturated heterocycles. The molecule has 67 valence electrons. The van der Waals surface area contributed by atoms with Crippen LogP contribution in [0.5, 0.6) is 0 Å². The molecule has 1 atom stereocenters. The molecule has 12 heavy (non-hydrogen) atoms. The topological polar surface area (TPSA) is 58.2 Å².